The molecule has 1 heterocycles. The molecule has 2 fully saturated rings. The summed E-state index contributed by atoms with van der Waals surface area (Å²) in [6, 6.07) is 9.78. The molecule has 108 valence electrons. The molecule has 4 heteroatoms. The van der Waals surface area contributed by atoms with E-state index in [9.17, 15) is 4.79 Å². The maximum absolute atomic E-state index is 12.0. The molecule has 1 amide bonds. The highest BCUT2D eigenvalue weighted by Gasteiger charge is 2.46. The van der Waals surface area contributed by atoms with Crippen LogP contribution in [0, 0.1) is 5.92 Å². The molecule has 1 aliphatic carbocycles. The van der Waals surface area contributed by atoms with Crippen LogP contribution >= 0.6 is 0 Å². The fourth-order valence-corrected chi connectivity index (χ4v) is 3.00. The van der Waals surface area contributed by atoms with Gasteiger partial charge in [-0.25, -0.2) is 4.79 Å². The lowest BCUT2D eigenvalue weighted by Gasteiger charge is -2.34. The molecule has 20 heavy (non-hydrogen) atoms. The Labute approximate surface area is 119 Å². The number of nitrogens with zero attached hydrogens (tertiary/aromatic N) is 1. The van der Waals surface area contributed by atoms with E-state index < -0.39 is 0 Å². The van der Waals surface area contributed by atoms with Crippen LogP contribution < -0.4 is 5.73 Å². The molecule has 1 aliphatic heterocycles. The molecule has 3 rings (SSSR count). The Hall–Kier alpha value is -1.55. The molecule has 2 aliphatic rings. The van der Waals surface area contributed by atoms with Crippen molar-refractivity contribution in [2.45, 2.75) is 37.8 Å². The van der Waals surface area contributed by atoms with Crippen molar-refractivity contribution < 1.29 is 9.53 Å². The van der Waals surface area contributed by atoms with Gasteiger partial charge in [0.1, 0.15) is 6.61 Å². The third-order valence-corrected chi connectivity index (χ3v) is 4.60. The summed E-state index contributed by atoms with van der Waals surface area (Å²) in [4.78, 5) is 13.8. The summed E-state index contributed by atoms with van der Waals surface area (Å²) >= 11 is 0. The van der Waals surface area contributed by atoms with E-state index in [4.69, 9.17) is 10.5 Å². The summed E-state index contributed by atoms with van der Waals surface area (Å²) in [6.45, 7) is 1.90. The first-order valence-corrected chi connectivity index (χ1v) is 7.42. The predicted octanol–water partition coefficient (Wildman–Crippen LogP) is 2.53. The third kappa shape index (κ3) is 2.96. The van der Waals surface area contributed by atoms with Crippen molar-refractivity contribution in [3.05, 3.63) is 35.9 Å². The Morgan fingerprint density at radius 3 is 2.50 bits per heavy atom. The minimum absolute atomic E-state index is 0.0834. The average molecular weight is 274 g/mol. The van der Waals surface area contributed by atoms with Crippen LogP contribution in [0.2, 0.25) is 0 Å². The molecule has 1 aromatic rings. The zero-order chi connectivity index (χ0) is 14.0. The van der Waals surface area contributed by atoms with E-state index in [1.54, 1.807) is 0 Å². The van der Waals surface area contributed by atoms with Gasteiger partial charge in [-0.3, -0.25) is 0 Å². The number of ether oxygens (including phenoxy) is 1. The number of nitrogens with two attached hydrogens (primary N) is 1. The fourth-order valence-electron chi connectivity index (χ4n) is 3.00. The van der Waals surface area contributed by atoms with Gasteiger partial charge in [0.2, 0.25) is 0 Å². The van der Waals surface area contributed by atoms with Gasteiger partial charge in [0.25, 0.3) is 0 Å². The number of rotatable bonds is 3. The van der Waals surface area contributed by atoms with Gasteiger partial charge in [-0.1, -0.05) is 30.3 Å². The fraction of sp³-hybridized carbons (Fsp3) is 0.562. The van der Waals surface area contributed by atoms with Crippen LogP contribution in [-0.4, -0.2) is 29.6 Å². The van der Waals surface area contributed by atoms with Gasteiger partial charge >= 0.3 is 6.09 Å². The molecule has 0 unspecified atom stereocenters. The summed E-state index contributed by atoms with van der Waals surface area (Å²) in [6.07, 6.45) is 4.12. The Morgan fingerprint density at radius 1 is 1.25 bits per heavy atom. The number of hydrogen-bond donors (Lipinski definition) is 1. The van der Waals surface area contributed by atoms with Gasteiger partial charge in [0.05, 0.1) is 0 Å². The van der Waals surface area contributed by atoms with E-state index in [2.05, 4.69) is 0 Å². The maximum Gasteiger partial charge on any atom is 0.410 e. The molecule has 1 saturated carbocycles. The monoisotopic (exact) mass is 274 g/mol. The number of carbonyl (C=O) groups is 1. The number of hydrogen-bond acceptors (Lipinski definition) is 3. The van der Waals surface area contributed by atoms with Crippen LogP contribution in [0.4, 0.5) is 4.79 Å². The van der Waals surface area contributed by atoms with Gasteiger partial charge in [-0.15, -0.1) is 0 Å². The summed E-state index contributed by atoms with van der Waals surface area (Å²) in [5, 5.41) is 0. The highest BCUT2D eigenvalue weighted by atomic mass is 16.6. The lowest BCUT2D eigenvalue weighted by molar-refractivity contribution is 0.0786. The van der Waals surface area contributed by atoms with Crippen LogP contribution in [0.1, 0.15) is 31.2 Å². The highest BCUT2D eigenvalue weighted by Crippen LogP contribution is 2.44. The maximum atomic E-state index is 12.0. The van der Waals surface area contributed by atoms with Gasteiger partial charge in [-0.05, 0) is 37.2 Å². The lowest BCUT2D eigenvalue weighted by atomic mass is 9.88. The molecule has 0 radical (unpaired) electrons. The van der Waals surface area contributed by atoms with E-state index in [0.29, 0.717) is 12.5 Å². The first-order valence-electron chi connectivity index (χ1n) is 7.42. The van der Waals surface area contributed by atoms with E-state index in [1.807, 2.05) is 35.2 Å². The van der Waals surface area contributed by atoms with E-state index in [-0.39, 0.29) is 11.6 Å². The van der Waals surface area contributed by atoms with Gasteiger partial charge < -0.3 is 15.4 Å². The predicted molar refractivity (Wildman–Crippen MR) is 77.1 cm³/mol. The van der Waals surface area contributed by atoms with Crippen molar-refractivity contribution in [3.8, 4) is 0 Å². The second-order valence-electron chi connectivity index (χ2n) is 6.03. The number of piperidine rings is 1. The second-order valence-corrected chi connectivity index (χ2v) is 6.03. The molecule has 1 aromatic carbocycles. The lowest BCUT2D eigenvalue weighted by Crippen LogP contribution is -2.44. The Morgan fingerprint density at radius 2 is 1.90 bits per heavy atom. The van der Waals surface area contributed by atoms with E-state index >= 15 is 0 Å². The summed E-state index contributed by atoms with van der Waals surface area (Å²) in [5.74, 6) is 0.584. The minimum atomic E-state index is -0.200. The Balaban J connectivity index is 1.45. The summed E-state index contributed by atoms with van der Waals surface area (Å²) < 4.78 is 5.36. The third-order valence-electron chi connectivity index (χ3n) is 4.60. The molecule has 4 nitrogen and oxygen atoms in total. The molecule has 0 bridgehead atoms. The molecule has 0 atom stereocenters. The largest absolute Gasteiger partial charge is 0.445 e. The van der Waals surface area contributed by atoms with Crippen molar-refractivity contribution in [2.24, 2.45) is 11.7 Å². The van der Waals surface area contributed by atoms with Crippen molar-refractivity contribution in [2.75, 3.05) is 13.1 Å². The van der Waals surface area contributed by atoms with Crippen molar-refractivity contribution in [1.82, 2.24) is 4.90 Å². The summed E-state index contributed by atoms with van der Waals surface area (Å²) in [7, 11) is 0. The average Bonchev–Trinajstić information content (AvgIpc) is 3.25. The quantitative estimate of drug-likeness (QED) is 0.921. The smallest absolute Gasteiger partial charge is 0.410 e. The van der Waals surface area contributed by atoms with Crippen LogP contribution in [0.3, 0.4) is 0 Å². The SMILES string of the molecule is NC1(C2CCN(C(=O)OCc3ccccc3)CC2)CC1. The number of carbonyl (C=O) groups excluding carboxylic acids is 1. The number of benzene rings is 1. The van der Waals surface area contributed by atoms with Crippen molar-refractivity contribution in [3.63, 3.8) is 0 Å². The first kappa shape index (κ1) is 13.4. The van der Waals surface area contributed by atoms with Gasteiger partial charge in [0, 0.05) is 18.6 Å². The molecule has 2 N–H and O–H groups in total. The zero-order valence-electron chi connectivity index (χ0n) is 11.8. The van der Waals surface area contributed by atoms with Gasteiger partial charge in [-0.2, -0.15) is 0 Å². The Bertz CT molecular complexity index is 463. The molecule has 0 spiro atoms. The van der Waals surface area contributed by atoms with Crippen LogP contribution in [0.5, 0.6) is 0 Å². The van der Waals surface area contributed by atoms with E-state index in [0.717, 1.165) is 44.3 Å². The number of likely N-dealkylation sites (tertiary alicyclic amines) is 1. The standard InChI is InChI=1S/C16H22N2O2/c17-16(8-9-16)14-6-10-18(11-7-14)15(19)20-12-13-4-2-1-3-5-13/h1-5,14H,6-12,17H2. The topological polar surface area (TPSA) is 55.6 Å². The minimum Gasteiger partial charge on any atom is -0.445 e. The molecule has 1 saturated heterocycles. The molecular weight excluding hydrogens is 252 g/mol. The first-order chi connectivity index (χ1) is 9.67. The van der Waals surface area contributed by atoms with Crippen LogP contribution in [-0.2, 0) is 11.3 Å². The normalized spacial score (nSPS) is 21.6. The van der Waals surface area contributed by atoms with Gasteiger partial charge in [0.15, 0.2) is 0 Å². The van der Waals surface area contributed by atoms with Crippen molar-refractivity contribution in [1.29, 1.82) is 0 Å². The summed E-state index contributed by atoms with van der Waals surface area (Å²) in [5.41, 5.74) is 7.35. The zero-order valence-corrected chi connectivity index (χ0v) is 11.8. The van der Waals surface area contributed by atoms with Crippen LogP contribution in [0.25, 0.3) is 0 Å². The highest BCUT2D eigenvalue weighted by molar-refractivity contribution is 5.67. The number of amides is 1. The molecular formula is C16H22N2O2. The van der Waals surface area contributed by atoms with Crippen molar-refractivity contribution >= 4 is 6.09 Å². The molecule has 0 aromatic heterocycles. The van der Waals surface area contributed by atoms with E-state index in [1.165, 1.54) is 0 Å². The van der Waals surface area contributed by atoms with Crippen LogP contribution in [0.15, 0.2) is 30.3 Å². The second kappa shape index (κ2) is 5.44. The Kier molecular flexibility index (Phi) is 3.66.